The van der Waals surface area contributed by atoms with Gasteiger partial charge in [-0.3, -0.25) is 4.79 Å². The number of amides is 1. The van der Waals surface area contributed by atoms with Crippen molar-refractivity contribution in [1.29, 1.82) is 0 Å². The maximum atomic E-state index is 12.6. The number of aromatic nitrogens is 1. The van der Waals surface area contributed by atoms with Gasteiger partial charge in [0.05, 0.1) is 16.1 Å². The average Bonchev–Trinajstić information content (AvgIpc) is 3.32. The lowest BCUT2D eigenvalue weighted by atomic mass is 9.86. The number of carbonyl (C=O) groups excluding carboxylic acids is 1. The third kappa shape index (κ3) is 5.81. The summed E-state index contributed by atoms with van der Waals surface area (Å²) in [5.41, 5.74) is 3.24. The van der Waals surface area contributed by atoms with E-state index < -0.39 is 0 Å². The third-order valence-electron chi connectivity index (χ3n) is 7.83. The van der Waals surface area contributed by atoms with Crippen LogP contribution in [0.5, 0.6) is 0 Å². The van der Waals surface area contributed by atoms with Crippen molar-refractivity contribution >= 4 is 46.1 Å². The van der Waals surface area contributed by atoms with E-state index in [1.54, 1.807) is 24.3 Å². The summed E-state index contributed by atoms with van der Waals surface area (Å²) in [7, 11) is 0. The summed E-state index contributed by atoms with van der Waals surface area (Å²) in [6.07, 6.45) is 9.29. The Hall–Kier alpha value is -2.31. The Morgan fingerprint density at radius 3 is 2.64 bits per heavy atom. The Morgan fingerprint density at radius 2 is 1.86 bits per heavy atom. The van der Waals surface area contributed by atoms with Crippen LogP contribution in [0, 0.1) is 5.92 Å². The number of aromatic amines is 1. The van der Waals surface area contributed by atoms with Crippen LogP contribution in [0.4, 0.5) is 0 Å². The van der Waals surface area contributed by atoms with Crippen molar-refractivity contribution in [3.05, 3.63) is 75.9 Å². The Bertz CT molecular complexity index is 1230. The molecule has 3 aromatic rings. The zero-order chi connectivity index (χ0) is 25.1. The molecule has 2 aliphatic heterocycles. The van der Waals surface area contributed by atoms with Gasteiger partial charge in [0.25, 0.3) is 0 Å². The van der Waals surface area contributed by atoms with Crippen molar-refractivity contribution in [2.24, 2.45) is 5.92 Å². The predicted molar refractivity (Wildman–Crippen MR) is 148 cm³/mol. The minimum atomic E-state index is -0.347. The van der Waals surface area contributed by atoms with E-state index in [4.69, 9.17) is 23.2 Å². The van der Waals surface area contributed by atoms with Crippen molar-refractivity contribution in [2.45, 2.75) is 37.7 Å². The first-order valence-electron chi connectivity index (χ1n) is 12.9. The summed E-state index contributed by atoms with van der Waals surface area (Å²) < 4.78 is 0. The third-order valence-corrected chi connectivity index (χ3v) is 8.57. The second-order valence-electron chi connectivity index (χ2n) is 10.1. The van der Waals surface area contributed by atoms with Gasteiger partial charge in [0.15, 0.2) is 0 Å². The largest absolute Gasteiger partial charge is 0.391 e. The van der Waals surface area contributed by atoms with Gasteiger partial charge in [-0.05, 0) is 80.1 Å². The van der Waals surface area contributed by atoms with Crippen molar-refractivity contribution in [3.8, 4) is 0 Å². The van der Waals surface area contributed by atoms with E-state index in [2.05, 4.69) is 34.3 Å². The van der Waals surface area contributed by atoms with Crippen LogP contribution in [0.3, 0.4) is 0 Å². The van der Waals surface area contributed by atoms with Crippen LogP contribution in [0.1, 0.15) is 42.7 Å². The molecule has 0 aliphatic carbocycles. The average molecular weight is 527 g/mol. The van der Waals surface area contributed by atoms with Crippen molar-refractivity contribution < 1.29 is 9.90 Å². The minimum absolute atomic E-state index is 0.0435. The molecule has 1 amide bonds. The molecule has 2 saturated heterocycles. The number of para-hydroxylation sites is 1. The Balaban J connectivity index is 1.06. The molecule has 2 aliphatic rings. The number of rotatable bonds is 6. The number of halogens is 2. The molecule has 1 aromatic heterocycles. The van der Waals surface area contributed by atoms with E-state index in [1.807, 2.05) is 17.0 Å². The fourth-order valence-corrected chi connectivity index (χ4v) is 5.97. The first-order valence-corrected chi connectivity index (χ1v) is 13.6. The van der Waals surface area contributed by atoms with Gasteiger partial charge >= 0.3 is 0 Å². The molecule has 2 atom stereocenters. The molecule has 190 valence electrons. The molecule has 0 unspecified atom stereocenters. The topological polar surface area (TPSA) is 59.6 Å². The van der Waals surface area contributed by atoms with Gasteiger partial charge in [0, 0.05) is 48.7 Å². The molecular formula is C29H33Cl2N3O2. The summed E-state index contributed by atoms with van der Waals surface area (Å²) in [5, 5.41) is 13.2. The van der Waals surface area contributed by atoms with E-state index >= 15 is 0 Å². The number of fused-ring (bicyclic) bond motifs is 1. The quantitative estimate of drug-likeness (QED) is 0.390. The highest BCUT2D eigenvalue weighted by atomic mass is 35.5. The normalized spacial score (nSPS) is 22.0. The number of nitrogens with zero attached hydrogens (tertiary/aromatic N) is 2. The highest BCUT2D eigenvalue weighted by Crippen LogP contribution is 2.34. The second-order valence-corrected chi connectivity index (χ2v) is 10.9. The number of hydrogen-bond donors (Lipinski definition) is 2. The van der Waals surface area contributed by atoms with Crippen molar-refractivity contribution in [1.82, 2.24) is 14.8 Å². The van der Waals surface area contributed by atoms with Crippen molar-refractivity contribution in [2.75, 3.05) is 32.7 Å². The SMILES string of the molecule is O=C(/C=C/c1ccc(Cl)c(Cl)c1)N1CCC(CCN2CC[C@H](c3c[nH]c4ccccc34)[C@@H](O)C2)CC1. The van der Waals surface area contributed by atoms with Crippen LogP contribution in [-0.4, -0.2) is 64.6 Å². The molecule has 2 N–H and O–H groups in total. The van der Waals surface area contributed by atoms with Gasteiger partial charge in [-0.15, -0.1) is 0 Å². The summed E-state index contributed by atoms with van der Waals surface area (Å²) in [4.78, 5) is 20.3. The van der Waals surface area contributed by atoms with Gasteiger partial charge in [0.1, 0.15) is 0 Å². The molecule has 2 aromatic carbocycles. The zero-order valence-electron chi connectivity index (χ0n) is 20.4. The second kappa shape index (κ2) is 11.4. The number of nitrogens with one attached hydrogen (secondary N) is 1. The summed E-state index contributed by atoms with van der Waals surface area (Å²) >= 11 is 12.0. The smallest absolute Gasteiger partial charge is 0.246 e. The van der Waals surface area contributed by atoms with Gasteiger partial charge in [0.2, 0.25) is 5.91 Å². The number of benzene rings is 2. The van der Waals surface area contributed by atoms with Gasteiger partial charge in [-0.1, -0.05) is 47.5 Å². The molecule has 3 heterocycles. The lowest BCUT2D eigenvalue weighted by Gasteiger charge is -2.37. The van der Waals surface area contributed by atoms with Crippen LogP contribution in [0.25, 0.3) is 17.0 Å². The number of hydrogen-bond acceptors (Lipinski definition) is 3. The molecule has 0 spiro atoms. The monoisotopic (exact) mass is 525 g/mol. The summed E-state index contributed by atoms with van der Waals surface area (Å²) in [6.45, 7) is 4.33. The Morgan fingerprint density at radius 1 is 1.06 bits per heavy atom. The fraction of sp³-hybridized carbons (Fsp3) is 0.414. The molecule has 5 nitrogen and oxygen atoms in total. The first kappa shape index (κ1) is 25.3. The Labute approximate surface area is 222 Å². The first-order chi connectivity index (χ1) is 17.5. The number of aliphatic hydroxyl groups is 1. The lowest BCUT2D eigenvalue weighted by Crippen LogP contribution is -2.44. The number of piperidine rings is 2. The molecule has 0 saturated carbocycles. The molecule has 5 rings (SSSR count). The zero-order valence-corrected chi connectivity index (χ0v) is 21.9. The van der Waals surface area contributed by atoms with E-state index in [1.165, 1.54) is 10.9 Å². The van der Waals surface area contributed by atoms with E-state index in [9.17, 15) is 9.90 Å². The van der Waals surface area contributed by atoms with Crippen molar-refractivity contribution in [3.63, 3.8) is 0 Å². The van der Waals surface area contributed by atoms with Crippen LogP contribution in [-0.2, 0) is 4.79 Å². The standard InChI is InChI=1S/C29H33Cl2N3O2/c30-25-7-5-21(17-26(25)31)6-8-29(36)34-15-10-20(11-16-34)9-13-33-14-12-23(28(35)19-33)24-18-32-27-4-2-1-3-22(24)27/h1-8,17-18,20,23,28,32,35H,9-16,19H2/b8-6+/t23-,28+/m1/s1. The highest BCUT2D eigenvalue weighted by Gasteiger charge is 2.31. The molecule has 2 fully saturated rings. The highest BCUT2D eigenvalue weighted by molar-refractivity contribution is 6.42. The van der Waals surface area contributed by atoms with Gasteiger partial charge < -0.3 is 19.9 Å². The summed E-state index contributed by atoms with van der Waals surface area (Å²) in [6, 6.07) is 13.7. The van der Waals surface area contributed by atoms with Gasteiger partial charge in [-0.2, -0.15) is 0 Å². The van der Waals surface area contributed by atoms with E-state index in [-0.39, 0.29) is 17.9 Å². The van der Waals surface area contributed by atoms with E-state index in [0.29, 0.717) is 16.0 Å². The maximum Gasteiger partial charge on any atom is 0.246 e. The van der Waals surface area contributed by atoms with Crippen LogP contribution < -0.4 is 0 Å². The molecule has 7 heteroatoms. The fourth-order valence-electron chi connectivity index (χ4n) is 5.66. The Kier molecular flexibility index (Phi) is 8.02. The molecule has 0 radical (unpaired) electrons. The molecule has 36 heavy (non-hydrogen) atoms. The van der Waals surface area contributed by atoms with E-state index in [0.717, 1.165) is 69.5 Å². The van der Waals surface area contributed by atoms with Crippen LogP contribution in [0.15, 0.2) is 54.7 Å². The summed E-state index contributed by atoms with van der Waals surface area (Å²) in [5.74, 6) is 0.849. The predicted octanol–water partition coefficient (Wildman–Crippen LogP) is 5.97. The number of likely N-dealkylation sites (tertiary alicyclic amines) is 2. The van der Waals surface area contributed by atoms with Gasteiger partial charge in [-0.25, -0.2) is 0 Å². The number of aliphatic hydroxyl groups excluding tert-OH is 1. The van der Waals surface area contributed by atoms with Crippen LogP contribution in [0.2, 0.25) is 10.0 Å². The number of carbonyl (C=O) groups is 1. The molecular weight excluding hydrogens is 493 g/mol. The lowest BCUT2D eigenvalue weighted by molar-refractivity contribution is -0.127. The van der Waals surface area contributed by atoms with Crippen LogP contribution >= 0.6 is 23.2 Å². The number of H-pyrrole nitrogens is 1. The number of β-amino-alcohol motifs (C(OH)–C–C–N with tert-alkyl or cyclic N) is 1. The maximum absolute atomic E-state index is 12.6. The molecule has 0 bridgehead atoms. The minimum Gasteiger partial charge on any atom is -0.391 e.